The third kappa shape index (κ3) is 3.94. The van der Waals surface area contributed by atoms with Gasteiger partial charge in [-0.3, -0.25) is 4.79 Å². The standard InChI is InChI=1S/C17H20Cl2F2N2O/c18-13-1-2-15(14(19)11-13)22-7-9-23(10-8-22)16(24)12-3-5-17(20,21)6-4-12/h1-2,11-12H,3-10H2. The van der Waals surface area contributed by atoms with E-state index in [1.165, 1.54) is 0 Å². The van der Waals surface area contributed by atoms with Crippen LogP contribution in [0.5, 0.6) is 0 Å². The number of halogens is 4. The molecule has 0 N–H and O–H groups in total. The molecule has 1 aromatic rings. The van der Waals surface area contributed by atoms with Crippen LogP contribution in [0.2, 0.25) is 10.0 Å². The quantitative estimate of drug-likeness (QED) is 0.760. The average Bonchev–Trinajstić information content (AvgIpc) is 2.54. The molecule has 2 aliphatic rings. The van der Waals surface area contributed by atoms with E-state index in [-0.39, 0.29) is 37.5 Å². The lowest BCUT2D eigenvalue weighted by Gasteiger charge is -2.39. The second-order valence-corrected chi connectivity index (χ2v) is 7.38. The van der Waals surface area contributed by atoms with E-state index in [0.29, 0.717) is 36.2 Å². The van der Waals surface area contributed by atoms with E-state index in [4.69, 9.17) is 23.2 Å². The summed E-state index contributed by atoms with van der Waals surface area (Å²) in [5, 5.41) is 1.18. The van der Waals surface area contributed by atoms with Crippen molar-refractivity contribution in [3.8, 4) is 0 Å². The van der Waals surface area contributed by atoms with E-state index in [2.05, 4.69) is 4.90 Å². The summed E-state index contributed by atoms with van der Waals surface area (Å²) < 4.78 is 26.5. The van der Waals surface area contributed by atoms with Crippen molar-refractivity contribution in [2.24, 2.45) is 5.92 Å². The van der Waals surface area contributed by atoms with Gasteiger partial charge in [-0.15, -0.1) is 0 Å². The summed E-state index contributed by atoms with van der Waals surface area (Å²) in [7, 11) is 0. The Labute approximate surface area is 150 Å². The zero-order valence-electron chi connectivity index (χ0n) is 13.3. The fourth-order valence-electron chi connectivity index (χ4n) is 3.45. The van der Waals surface area contributed by atoms with Crippen molar-refractivity contribution in [3.05, 3.63) is 28.2 Å². The summed E-state index contributed by atoms with van der Waals surface area (Å²) in [6.07, 6.45) is 0.220. The van der Waals surface area contributed by atoms with Crippen LogP contribution in [0.15, 0.2) is 18.2 Å². The number of alkyl halides is 2. The first kappa shape index (κ1) is 17.7. The van der Waals surface area contributed by atoms with E-state index in [1.54, 1.807) is 17.0 Å². The largest absolute Gasteiger partial charge is 0.367 e. The number of carbonyl (C=O) groups excluding carboxylic acids is 1. The monoisotopic (exact) mass is 376 g/mol. The Morgan fingerprint density at radius 2 is 1.71 bits per heavy atom. The van der Waals surface area contributed by atoms with E-state index < -0.39 is 5.92 Å². The van der Waals surface area contributed by atoms with Crippen LogP contribution in [0.4, 0.5) is 14.5 Å². The Morgan fingerprint density at radius 3 is 2.29 bits per heavy atom. The molecule has 0 radical (unpaired) electrons. The normalized spacial score (nSPS) is 21.8. The van der Waals surface area contributed by atoms with Gasteiger partial charge >= 0.3 is 0 Å². The molecule has 1 aliphatic carbocycles. The van der Waals surface area contributed by atoms with Gasteiger partial charge in [0.05, 0.1) is 10.7 Å². The van der Waals surface area contributed by atoms with Crippen LogP contribution in [0, 0.1) is 5.92 Å². The summed E-state index contributed by atoms with van der Waals surface area (Å²) in [4.78, 5) is 16.5. The van der Waals surface area contributed by atoms with E-state index >= 15 is 0 Å². The van der Waals surface area contributed by atoms with Gasteiger partial charge in [-0.2, -0.15) is 0 Å². The molecule has 1 amide bonds. The number of benzene rings is 1. The maximum atomic E-state index is 13.2. The molecule has 3 rings (SSSR count). The highest BCUT2D eigenvalue weighted by Crippen LogP contribution is 2.37. The first-order valence-electron chi connectivity index (χ1n) is 8.22. The minimum absolute atomic E-state index is 0.0207. The topological polar surface area (TPSA) is 23.6 Å². The molecule has 1 aliphatic heterocycles. The molecule has 0 bridgehead atoms. The zero-order chi connectivity index (χ0) is 17.3. The van der Waals surface area contributed by atoms with Gasteiger partial charge in [0.2, 0.25) is 11.8 Å². The Morgan fingerprint density at radius 1 is 1.08 bits per heavy atom. The molecule has 1 saturated heterocycles. The maximum absolute atomic E-state index is 13.2. The molecular formula is C17H20Cl2F2N2O. The highest BCUT2D eigenvalue weighted by Gasteiger charge is 2.39. The minimum atomic E-state index is -2.60. The Bertz CT molecular complexity index is 609. The number of hydrogen-bond donors (Lipinski definition) is 0. The van der Waals surface area contributed by atoms with Gasteiger partial charge in [-0.1, -0.05) is 23.2 Å². The number of nitrogens with zero attached hydrogens (tertiary/aromatic N) is 2. The zero-order valence-corrected chi connectivity index (χ0v) is 14.8. The third-order valence-corrected chi connectivity index (χ3v) is 5.45. The van der Waals surface area contributed by atoms with Gasteiger partial charge in [-0.05, 0) is 31.0 Å². The van der Waals surface area contributed by atoms with E-state index in [1.807, 2.05) is 6.07 Å². The number of hydrogen-bond acceptors (Lipinski definition) is 2. The van der Waals surface area contributed by atoms with Crippen molar-refractivity contribution in [1.29, 1.82) is 0 Å². The van der Waals surface area contributed by atoms with Crippen molar-refractivity contribution >= 4 is 34.8 Å². The van der Waals surface area contributed by atoms with E-state index in [9.17, 15) is 13.6 Å². The van der Waals surface area contributed by atoms with Crippen molar-refractivity contribution in [3.63, 3.8) is 0 Å². The molecule has 7 heteroatoms. The smallest absolute Gasteiger partial charge is 0.248 e. The van der Waals surface area contributed by atoms with Crippen LogP contribution in [-0.2, 0) is 4.79 Å². The molecule has 3 nitrogen and oxygen atoms in total. The molecule has 0 aromatic heterocycles. The maximum Gasteiger partial charge on any atom is 0.248 e. The van der Waals surface area contributed by atoms with Gasteiger partial charge in [0.15, 0.2) is 0 Å². The van der Waals surface area contributed by atoms with Crippen molar-refractivity contribution in [2.45, 2.75) is 31.6 Å². The Balaban J connectivity index is 1.56. The van der Waals surface area contributed by atoms with Crippen LogP contribution in [-0.4, -0.2) is 42.9 Å². The second-order valence-electron chi connectivity index (χ2n) is 6.54. The summed E-state index contributed by atoms with van der Waals surface area (Å²) in [6, 6.07) is 5.38. The molecule has 0 atom stereocenters. The predicted molar refractivity (Wildman–Crippen MR) is 92.2 cm³/mol. The van der Waals surface area contributed by atoms with Crippen molar-refractivity contribution in [2.75, 3.05) is 31.1 Å². The molecule has 24 heavy (non-hydrogen) atoms. The van der Waals surface area contributed by atoms with Gasteiger partial charge < -0.3 is 9.80 Å². The van der Waals surface area contributed by atoms with E-state index in [0.717, 1.165) is 5.69 Å². The van der Waals surface area contributed by atoms with Crippen molar-refractivity contribution < 1.29 is 13.6 Å². The summed E-state index contributed by atoms with van der Waals surface area (Å²) in [5.74, 6) is -2.83. The summed E-state index contributed by atoms with van der Waals surface area (Å²) in [6.45, 7) is 2.53. The molecule has 0 spiro atoms. The third-order valence-electron chi connectivity index (χ3n) is 4.91. The van der Waals surface area contributed by atoms with Crippen LogP contribution in [0.1, 0.15) is 25.7 Å². The Hall–Kier alpha value is -1.07. The van der Waals surface area contributed by atoms with Crippen LogP contribution < -0.4 is 4.90 Å². The molecule has 2 fully saturated rings. The number of rotatable bonds is 2. The molecular weight excluding hydrogens is 357 g/mol. The number of amides is 1. The fourth-order valence-corrected chi connectivity index (χ4v) is 3.98. The van der Waals surface area contributed by atoms with Gasteiger partial charge in [0.25, 0.3) is 0 Å². The second kappa shape index (κ2) is 7.04. The summed E-state index contributed by atoms with van der Waals surface area (Å²) in [5.41, 5.74) is 0.908. The molecule has 0 unspecified atom stereocenters. The minimum Gasteiger partial charge on any atom is -0.367 e. The van der Waals surface area contributed by atoms with Crippen molar-refractivity contribution in [1.82, 2.24) is 4.90 Å². The number of carbonyl (C=O) groups is 1. The van der Waals surface area contributed by atoms with Crippen LogP contribution >= 0.6 is 23.2 Å². The van der Waals surface area contributed by atoms with Gasteiger partial charge in [0.1, 0.15) is 0 Å². The number of anilines is 1. The molecule has 1 aromatic carbocycles. The molecule has 132 valence electrons. The Kier molecular flexibility index (Phi) is 5.21. The lowest BCUT2D eigenvalue weighted by atomic mass is 9.86. The van der Waals surface area contributed by atoms with Gasteiger partial charge in [-0.25, -0.2) is 8.78 Å². The molecule has 1 heterocycles. The lowest BCUT2D eigenvalue weighted by Crippen LogP contribution is -2.51. The molecule has 1 saturated carbocycles. The first-order chi connectivity index (χ1) is 11.4. The SMILES string of the molecule is O=C(C1CCC(F)(F)CC1)N1CCN(c2ccc(Cl)cc2Cl)CC1. The van der Waals surface area contributed by atoms with Crippen LogP contribution in [0.25, 0.3) is 0 Å². The average molecular weight is 377 g/mol. The summed E-state index contributed by atoms with van der Waals surface area (Å²) >= 11 is 12.2. The number of piperazine rings is 1. The highest BCUT2D eigenvalue weighted by molar-refractivity contribution is 6.36. The predicted octanol–water partition coefficient (Wildman–Crippen LogP) is 4.47. The fraction of sp³-hybridized carbons (Fsp3) is 0.588. The van der Waals surface area contributed by atoms with Gasteiger partial charge in [0, 0.05) is 50.0 Å². The van der Waals surface area contributed by atoms with Crippen LogP contribution in [0.3, 0.4) is 0 Å². The lowest BCUT2D eigenvalue weighted by molar-refractivity contribution is -0.140. The first-order valence-corrected chi connectivity index (χ1v) is 8.98. The highest BCUT2D eigenvalue weighted by atomic mass is 35.5.